The van der Waals surface area contributed by atoms with Gasteiger partial charge in [-0.1, -0.05) is 41.4 Å². The lowest BCUT2D eigenvalue weighted by molar-refractivity contribution is 0.0695. The molecule has 3 aromatic rings. The zero-order valence-electron chi connectivity index (χ0n) is 16.1. The van der Waals surface area contributed by atoms with Crippen LogP contribution in [0.4, 0.5) is 0 Å². The van der Waals surface area contributed by atoms with Crippen LogP contribution in [0.2, 0.25) is 10.0 Å². The van der Waals surface area contributed by atoms with Gasteiger partial charge in [-0.3, -0.25) is 4.79 Å². The molecule has 0 aliphatic heterocycles. The molecule has 2 aromatic carbocycles. The summed E-state index contributed by atoms with van der Waals surface area (Å²) < 4.78 is 1.84. The molecule has 29 heavy (non-hydrogen) atoms. The summed E-state index contributed by atoms with van der Waals surface area (Å²) in [5, 5.41) is 10.6. The lowest BCUT2D eigenvalue weighted by Crippen LogP contribution is -2.25. The number of halogens is 2. The quantitative estimate of drug-likeness (QED) is 0.470. The molecule has 0 amide bonds. The molecule has 1 heterocycles. The summed E-state index contributed by atoms with van der Waals surface area (Å²) in [7, 11) is 0. The number of carboxylic acid groups (broad SMARTS) is 1. The SMILES string of the molecule is CCn1c(C)c(-c2cccc(SC)c2)c(=O)c(C(=O)O)c1-c1ccc(Cl)c(Cl)c1. The summed E-state index contributed by atoms with van der Waals surface area (Å²) in [4.78, 5) is 26.6. The number of carbonyl (C=O) groups is 1. The molecule has 0 saturated carbocycles. The van der Waals surface area contributed by atoms with E-state index in [1.807, 2.05) is 48.9 Å². The van der Waals surface area contributed by atoms with Crippen LogP contribution < -0.4 is 5.43 Å². The summed E-state index contributed by atoms with van der Waals surface area (Å²) in [5.41, 5.74) is 1.85. The number of aromatic carboxylic acids is 1. The normalized spacial score (nSPS) is 10.9. The van der Waals surface area contributed by atoms with E-state index >= 15 is 0 Å². The second-order valence-electron chi connectivity index (χ2n) is 6.42. The minimum Gasteiger partial charge on any atom is -0.477 e. The molecule has 0 spiro atoms. The summed E-state index contributed by atoms with van der Waals surface area (Å²) in [6, 6.07) is 12.4. The monoisotopic (exact) mass is 447 g/mol. The Kier molecular flexibility index (Phi) is 6.42. The Morgan fingerprint density at radius 1 is 1.10 bits per heavy atom. The largest absolute Gasteiger partial charge is 0.477 e. The van der Waals surface area contributed by atoms with Crippen LogP contribution in [0, 0.1) is 6.92 Å². The van der Waals surface area contributed by atoms with Crippen LogP contribution >= 0.6 is 35.0 Å². The van der Waals surface area contributed by atoms with Gasteiger partial charge in [0.15, 0.2) is 0 Å². The van der Waals surface area contributed by atoms with E-state index in [9.17, 15) is 14.7 Å². The highest BCUT2D eigenvalue weighted by atomic mass is 35.5. The minimum atomic E-state index is -1.28. The third-order valence-electron chi connectivity index (χ3n) is 4.81. The number of aromatic nitrogens is 1. The number of pyridine rings is 1. The summed E-state index contributed by atoms with van der Waals surface area (Å²) in [6.45, 7) is 4.22. The van der Waals surface area contributed by atoms with Gasteiger partial charge in [0.25, 0.3) is 0 Å². The molecule has 0 radical (unpaired) electrons. The number of hydrogen-bond acceptors (Lipinski definition) is 3. The van der Waals surface area contributed by atoms with E-state index in [0.717, 1.165) is 4.90 Å². The van der Waals surface area contributed by atoms with Crippen molar-refractivity contribution in [1.29, 1.82) is 0 Å². The number of nitrogens with zero attached hydrogens (tertiary/aromatic N) is 1. The van der Waals surface area contributed by atoms with Crippen molar-refractivity contribution in [2.45, 2.75) is 25.3 Å². The van der Waals surface area contributed by atoms with Gasteiger partial charge in [-0.25, -0.2) is 4.79 Å². The van der Waals surface area contributed by atoms with Gasteiger partial charge in [-0.15, -0.1) is 11.8 Å². The molecule has 0 unspecified atom stereocenters. The predicted octanol–water partition coefficient (Wildman–Crippen LogP) is 6.24. The summed E-state index contributed by atoms with van der Waals surface area (Å²) in [6.07, 6.45) is 1.95. The van der Waals surface area contributed by atoms with Crippen LogP contribution in [0.3, 0.4) is 0 Å². The fourth-order valence-corrected chi connectivity index (χ4v) is 4.25. The van der Waals surface area contributed by atoms with E-state index in [1.165, 1.54) is 0 Å². The first-order chi connectivity index (χ1) is 13.8. The Morgan fingerprint density at radius 3 is 2.41 bits per heavy atom. The Balaban J connectivity index is 2.44. The van der Waals surface area contributed by atoms with Gasteiger partial charge in [-0.05, 0) is 49.9 Å². The summed E-state index contributed by atoms with van der Waals surface area (Å²) in [5.74, 6) is -1.28. The van der Waals surface area contributed by atoms with Crippen molar-refractivity contribution in [2.24, 2.45) is 0 Å². The zero-order chi connectivity index (χ0) is 21.3. The first kappa shape index (κ1) is 21.5. The molecule has 150 valence electrons. The van der Waals surface area contributed by atoms with Crippen LogP contribution in [-0.2, 0) is 6.54 Å². The van der Waals surface area contributed by atoms with E-state index in [0.29, 0.717) is 44.7 Å². The molecule has 0 saturated heterocycles. The van der Waals surface area contributed by atoms with Crippen molar-refractivity contribution in [2.75, 3.05) is 6.26 Å². The maximum atomic E-state index is 13.4. The van der Waals surface area contributed by atoms with Crippen molar-refractivity contribution >= 4 is 40.9 Å². The van der Waals surface area contributed by atoms with Gasteiger partial charge in [-0.2, -0.15) is 0 Å². The van der Waals surface area contributed by atoms with Gasteiger partial charge < -0.3 is 9.67 Å². The Bertz CT molecular complexity index is 1170. The average Bonchev–Trinajstić information content (AvgIpc) is 2.69. The fourth-order valence-electron chi connectivity index (χ4n) is 3.49. The topological polar surface area (TPSA) is 59.3 Å². The lowest BCUT2D eigenvalue weighted by atomic mass is 9.96. The first-order valence-electron chi connectivity index (χ1n) is 8.90. The Morgan fingerprint density at radius 2 is 1.83 bits per heavy atom. The predicted molar refractivity (Wildman–Crippen MR) is 121 cm³/mol. The number of rotatable bonds is 5. The number of thioether (sulfide) groups is 1. The van der Waals surface area contributed by atoms with Gasteiger partial charge in [0.05, 0.1) is 15.7 Å². The van der Waals surface area contributed by atoms with Crippen molar-refractivity contribution in [3.8, 4) is 22.4 Å². The van der Waals surface area contributed by atoms with Gasteiger partial charge in [0.2, 0.25) is 5.43 Å². The second kappa shape index (κ2) is 8.66. The standard InChI is InChI=1S/C22H19Cl2NO3S/c1-4-25-12(2)18(13-6-5-7-15(10-13)29-3)21(26)19(22(27)28)20(25)14-8-9-16(23)17(24)11-14/h5-11H,4H2,1-3H3,(H,27,28). The Hall–Kier alpha value is -2.21. The van der Waals surface area contributed by atoms with Crippen molar-refractivity contribution < 1.29 is 9.90 Å². The van der Waals surface area contributed by atoms with Gasteiger partial charge in [0, 0.05) is 28.3 Å². The molecule has 1 aromatic heterocycles. The van der Waals surface area contributed by atoms with Gasteiger partial charge >= 0.3 is 5.97 Å². The maximum absolute atomic E-state index is 13.4. The minimum absolute atomic E-state index is 0.277. The van der Waals surface area contributed by atoms with E-state index in [1.54, 1.807) is 30.0 Å². The second-order valence-corrected chi connectivity index (χ2v) is 8.12. The molecule has 0 atom stereocenters. The average molecular weight is 448 g/mol. The molecule has 4 nitrogen and oxygen atoms in total. The first-order valence-corrected chi connectivity index (χ1v) is 10.9. The van der Waals surface area contributed by atoms with Crippen LogP contribution in [0.1, 0.15) is 23.0 Å². The van der Waals surface area contributed by atoms with Crippen LogP contribution in [-0.4, -0.2) is 21.9 Å². The van der Waals surface area contributed by atoms with Crippen molar-refractivity contribution in [1.82, 2.24) is 4.57 Å². The molecular formula is C22H19Cl2NO3S. The third-order valence-corrected chi connectivity index (χ3v) is 6.27. The maximum Gasteiger partial charge on any atom is 0.341 e. The van der Waals surface area contributed by atoms with Crippen LogP contribution in [0.25, 0.3) is 22.4 Å². The number of benzene rings is 2. The molecule has 0 bridgehead atoms. The smallest absolute Gasteiger partial charge is 0.341 e. The molecule has 1 N–H and O–H groups in total. The zero-order valence-corrected chi connectivity index (χ0v) is 18.5. The van der Waals surface area contributed by atoms with E-state index in [2.05, 4.69) is 0 Å². The lowest BCUT2D eigenvalue weighted by Gasteiger charge is -2.21. The molecule has 7 heteroatoms. The molecule has 0 aliphatic carbocycles. The highest BCUT2D eigenvalue weighted by Crippen LogP contribution is 2.33. The third kappa shape index (κ3) is 3.95. The molecule has 3 rings (SSSR count). The molecular weight excluding hydrogens is 429 g/mol. The van der Waals surface area contributed by atoms with Crippen molar-refractivity contribution in [3.05, 3.63) is 74.0 Å². The number of hydrogen-bond donors (Lipinski definition) is 1. The highest BCUT2D eigenvalue weighted by Gasteiger charge is 2.25. The molecule has 0 fully saturated rings. The number of carboxylic acids is 1. The summed E-state index contributed by atoms with van der Waals surface area (Å²) >= 11 is 13.7. The molecule has 0 aliphatic rings. The van der Waals surface area contributed by atoms with Crippen LogP contribution in [0.5, 0.6) is 0 Å². The van der Waals surface area contributed by atoms with Gasteiger partial charge in [0.1, 0.15) is 5.56 Å². The van der Waals surface area contributed by atoms with Crippen molar-refractivity contribution in [3.63, 3.8) is 0 Å². The van der Waals surface area contributed by atoms with E-state index in [4.69, 9.17) is 23.2 Å². The highest BCUT2D eigenvalue weighted by molar-refractivity contribution is 7.98. The Labute approximate surface area is 183 Å². The van der Waals surface area contributed by atoms with Crippen LogP contribution in [0.15, 0.2) is 52.2 Å². The van der Waals surface area contributed by atoms with E-state index < -0.39 is 11.4 Å². The van der Waals surface area contributed by atoms with E-state index in [-0.39, 0.29) is 5.56 Å². The fraction of sp³-hybridized carbons (Fsp3) is 0.182.